The predicted octanol–water partition coefficient (Wildman–Crippen LogP) is 3.27. The Morgan fingerprint density at radius 2 is 1.86 bits per heavy atom. The van der Waals surface area contributed by atoms with E-state index in [0.29, 0.717) is 23.4 Å². The summed E-state index contributed by atoms with van der Waals surface area (Å²) in [6.07, 6.45) is 0.779. The average molecular weight is 390 g/mol. The van der Waals surface area contributed by atoms with Crippen molar-refractivity contribution in [1.82, 2.24) is 9.88 Å². The topological polar surface area (TPSA) is 68.7 Å². The minimum atomic E-state index is -0.489. The molecule has 0 unspecified atom stereocenters. The molecular weight excluding hydrogens is 368 g/mol. The van der Waals surface area contributed by atoms with Crippen molar-refractivity contribution in [2.45, 2.75) is 13.0 Å². The molecule has 2 heterocycles. The van der Waals surface area contributed by atoms with Crippen molar-refractivity contribution < 1.29 is 19.1 Å². The van der Waals surface area contributed by atoms with Crippen molar-refractivity contribution in [3.63, 3.8) is 0 Å². The fourth-order valence-corrected chi connectivity index (χ4v) is 3.62. The highest BCUT2D eigenvalue weighted by Crippen LogP contribution is 2.28. The first-order chi connectivity index (χ1) is 14.1. The van der Waals surface area contributed by atoms with E-state index in [1.54, 1.807) is 31.4 Å². The summed E-state index contributed by atoms with van der Waals surface area (Å²) in [5, 5.41) is 0.753. The van der Waals surface area contributed by atoms with Crippen LogP contribution < -0.4 is 4.74 Å². The highest BCUT2D eigenvalue weighted by molar-refractivity contribution is 6.06. The Bertz CT molecular complexity index is 1080. The first-order valence-electron chi connectivity index (χ1n) is 9.50. The van der Waals surface area contributed by atoms with Gasteiger partial charge in [0, 0.05) is 41.7 Å². The number of methoxy groups -OCH3 is 1. The highest BCUT2D eigenvalue weighted by Gasteiger charge is 2.25. The molecule has 1 aliphatic heterocycles. The van der Waals surface area contributed by atoms with E-state index >= 15 is 0 Å². The Balaban J connectivity index is 1.61. The first-order valence-corrected chi connectivity index (χ1v) is 9.50. The van der Waals surface area contributed by atoms with E-state index in [1.165, 1.54) is 0 Å². The van der Waals surface area contributed by atoms with Gasteiger partial charge in [0.25, 0.3) is 0 Å². The molecule has 2 aromatic carbocycles. The molecule has 148 valence electrons. The lowest BCUT2D eigenvalue weighted by molar-refractivity contribution is 0.0474. The predicted molar refractivity (Wildman–Crippen MR) is 109 cm³/mol. The zero-order chi connectivity index (χ0) is 20.4. The summed E-state index contributed by atoms with van der Waals surface area (Å²) in [6.45, 7) is 1.21. The third kappa shape index (κ3) is 3.84. The van der Waals surface area contributed by atoms with Gasteiger partial charge in [0.05, 0.1) is 18.2 Å². The number of benzene rings is 2. The van der Waals surface area contributed by atoms with E-state index in [4.69, 9.17) is 14.5 Å². The number of esters is 1. The molecule has 0 saturated heterocycles. The molecule has 0 spiro atoms. The first kappa shape index (κ1) is 19.1. The van der Waals surface area contributed by atoms with Crippen molar-refractivity contribution in [3.8, 4) is 5.75 Å². The monoisotopic (exact) mass is 390 g/mol. The number of Topliss-reactive ketones (excluding diaryl/α,β-unsaturated/α-hetero) is 1. The van der Waals surface area contributed by atoms with Gasteiger partial charge in [-0.1, -0.05) is 18.2 Å². The summed E-state index contributed by atoms with van der Waals surface area (Å²) in [6, 6.07) is 14.3. The maximum atomic E-state index is 13.0. The van der Waals surface area contributed by atoms with Crippen molar-refractivity contribution in [1.29, 1.82) is 0 Å². The second-order valence-corrected chi connectivity index (χ2v) is 7.14. The Morgan fingerprint density at radius 1 is 1.10 bits per heavy atom. The largest absolute Gasteiger partial charge is 0.497 e. The number of hydrogen-bond donors (Lipinski definition) is 0. The molecule has 0 saturated carbocycles. The summed E-state index contributed by atoms with van der Waals surface area (Å²) >= 11 is 0. The number of pyridine rings is 1. The summed E-state index contributed by atoms with van der Waals surface area (Å²) in [7, 11) is 3.58. The van der Waals surface area contributed by atoms with Gasteiger partial charge in [-0.25, -0.2) is 4.79 Å². The van der Waals surface area contributed by atoms with Crippen molar-refractivity contribution in [3.05, 3.63) is 70.9 Å². The van der Waals surface area contributed by atoms with Gasteiger partial charge in [0.2, 0.25) is 0 Å². The fourth-order valence-electron chi connectivity index (χ4n) is 3.62. The Kier molecular flexibility index (Phi) is 5.27. The van der Waals surface area contributed by atoms with Gasteiger partial charge in [-0.05, 0) is 37.4 Å². The maximum absolute atomic E-state index is 13.0. The van der Waals surface area contributed by atoms with E-state index in [1.807, 2.05) is 31.3 Å². The van der Waals surface area contributed by atoms with Crippen LogP contribution in [0, 0.1) is 0 Å². The summed E-state index contributed by atoms with van der Waals surface area (Å²) in [5.41, 5.74) is 3.57. The molecule has 0 bridgehead atoms. The maximum Gasteiger partial charge on any atom is 0.339 e. The molecular formula is C23H22N2O4. The van der Waals surface area contributed by atoms with Crippen LogP contribution >= 0.6 is 0 Å². The van der Waals surface area contributed by atoms with Crippen LogP contribution in [0.5, 0.6) is 5.75 Å². The van der Waals surface area contributed by atoms with Crippen LogP contribution in [0.4, 0.5) is 0 Å². The van der Waals surface area contributed by atoms with Crippen LogP contribution in [-0.2, 0) is 17.7 Å². The van der Waals surface area contributed by atoms with Crippen LogP contribution in [0.15, 0.2) is 48.5 Å². The number of likely N-dealkylation sites (N-methyl/N-ethyl adjacent to an activating group) is 1. The van der Waals surface area contributed by atoms with Gasteiger partial charge < -0.3 is 14.4 Å². The number of ketones is 1. The van der Waals surface area contributed by atoms with Crippen LogP contribution in [0.3, 0.4) is 0 Å². The molecule has 0 N–H and O–H groups in total. The van der Waals surface area contributed by atoms with E-state index in [0.717, 1.165) is 35.1 Å². The number of nitrogens with zero attached hydrogens (tertiary/aromatic N) is 2. The molecule has 1 aromatic heterocycles. The van der Waals surface area contributed by atoms with Gasteiger partial charge >= 0.3 is 5.97 Å². The number of rotatable bonds is 5. The molecule has 6 nitrogen and oxygen atoms in total. The second kappa shape index (κ2) is 8.01. The fraction of sp³-hybridized carbons (Fsp3) is 0.261. The standard InChI is InChI=1S/C23H22N2O4/c1-25-12-11-20-18(13-25)22(17-5-3-4-6-19(17)24-20)23(27)29-14-21(26)15-7-9-16(28-2)10-8-15/h3-10H,11-14H2,1-2H3. The van der Waals surface area contributed by atoms with Gasteiger partial charge in [-0.3, -0.25) is 9.78 Å². The number of hydrogen-bond acceptors (Lipinski definition) is 6. The molecule has 3 aromatic rings. The minimum absolute atomic E-state index is 0.259. The Labute approximate surface area is 169 Å². The molecule has 0 radical (unpaired) electrons. The zero-order valence-electron chi connectivity index (χ0n) is 16.5. The average Bonchev–Trinajstić information content (AvgIpc) is 2.75. The van der Waals surface area contributed by atoms with E-state index in [-0.39, 0.29) is 12.4 Å². The van der Waals surface area contributed by atoms with E-state index in [2.05, 4.69) is 4.90 Å². The third-order valence-electron chi connectivity index (χ3n) is 5.19. The number of carbonyl (C=O) groups is 2. The molecule has 29 heavy (non-hydrogen) atoms. The van der Waals surface area contributed by atoms with Crippen molar-refractivity contribution in [2.75, 3.05) is 27.3 Å². The van der Waals surface area contributed by atoms with Crippen LogP contribution in [-0.4, -0.2) is 48.9 Å². The minimum Gasteiger partial charge on any atom is -0.497 e. The smallest absolute Gasteiger partial charge is 0.339 e. The molecule has 0 fully saturated rings. The van der Waals surface area contributed by atoms with Crippen LogP contribution in [0.1, 0.15) is 32.0 Å². The normalized spacial score (nSPS) is 13.7. The lowest BCUT2D eigenvalue weighted by Crippen LogP contribution is -2.29. The Morgan fingerprint density at radius 3 is 2.62 bits per heavy atom. The van der Waals surface area contributed by atoms with Gasteiger partial charge in [-0.2, -0.15) is 0 Å². The second-order valence-electron chi connectivity index (χ2n) is 7.14. The number of fused-ring (bicyclic) bond motifs is 2. The zero-order valence-corrected chi connectivity index (χ0v) is 16.5. The molecule has 4 rings (SSSR count). The van der Waals surface area contributed by atoms with Gasteiger partial charge in [-0.15, -0.1) is 0 Å². The summed E-state index contributed by atoms with van der Waals surface area (Å²) < 4.78 is 10.5. The lowest BCUT2D eigenvalue weighted by atomic mass is 9.96. The highest BCUT2D eigenvalue weighted by atomic mass is 16.5. The number of aromatic nitrogens is 1. The van der Waals surface area contributed by atoms with E-state index in [9.17, 15) is 9.59 Å². The van der Waals surface area contributed by atoms with Gasteiger partial charge in [0.15, 0.2) is 12.4 Å². The molecule has 0 atom stereocenters. The van der Waals surface area contributed by atoms with E-state index < -0.39 is 5.97 Å². The Hall–Kier alpha value is -3.25. The SMILES string of the molecule is COc1ccc(C(=O)COC(=O)c2c3c(nc4ccccc24)CCN(C)C3)cc1. The molecule has 6 heteroatoms. The van der Waals surface area contributed by atoms with Crippen molar-refractivity contribution >= 4 is 22.7 Å². The molecule has 0 aliphatic carbocycles. The number of ether oxygens (including phenoxy) is 2. The van der Waals surface area contributed by atoms with Crippen LogP contribution in [0.25, 0.3) is 10.9 Å². The van der Waals surface area contributed by atoms with Crippen molar-refractivity contribution in [2.24, 2.45) is 0 Å². The number of carbonyl (C=O) groups excluding carboxylic acids is 2. The third-order valence-corrected chi connectivity index (χ3v) is 5.19. The number of para-hydroxylation sites is 1. The molecule has 1 aliphatic rings. The molecule has 0 amide bonds. The quantitative estimate of drug-likeness (QED) is 0.492. The summed E-state index contributed by atoms with van der Waals surface area (Å²) in [4.78, 5) is 32.4. The van der Waals surface area contributed by atoms with Gasteiger partial charge in [0.1, 0.15) is 5.75 Å². The van der Waals surface area contributed by atoms with Crippen LogP contribution in [0.2, 0.25) is 0 Å². The summed E-state index contributed by atoms with van der Waals surface area (Å²) in [5.74, 6) is -0.0834. The lowest BCUT2D eigenvalue weighted by Gasteiger charge is -2.26.